The van der Waals surface area contributed by atoms with Gasteiger partial charge in [-0.05, 0) is 35.0 Å². The molecule has 0 spiro atoms. The summed E-state index contributed by atoms with van der Waals surface area (Å²) >= 11 is 9.51. The SMILES string of the molecule is Cc1nn(C)c(COc2ccccc2Cl)c1Br. The van der Waals surface area contributed by atoms with Gasteiger partial charge in [0.25, 0.3) is 0 Å². The van der Waals surface area contributed by atoms with Crippen molar-refractivity contribution >= 4 is 27.5 Å². The van der Waals surface area contributed by atoms with Crippen LogP contribution in [0.15, 0.2) is 28.7 Å². The Hall–Kier alpha value is -1.000. The number of aromatic nitrogens is 2. The summed E-state index contributed by atoms with van der Waals surface area (Å²) in [7, 11) is 1.89. The average molecular weight is 316 g/mol. The number of hydrogen-bond acceptors (Lipinski definition) is 2. The second-order valence-corrected chi connectivity index (χ2v) is 4.89. The van der Waals surface area contributed by atoms with E-state index in [0.29, 0.717) is 17.4 Å². The number of halogens is 2. The molecule has 5 heteroatoms. The van der Waals surface area contributed by atoms with Crippen molar-refractivity contribution in [2.75, 3.05) is 0 Å². The summed E-state index contributed by atoms with van der Waals surface area (Å²) in [4.78, 5) is 0. The normalized spacial score (nSPS) is 10.6. The molecule has 1 aromatic heterocycles. The minimum Gasteiger partial charge on any atom is -0.486 e. The van der Waals surface area contributed by atoms with Crippen molar-refractivity contribution in [3.63, 3.8) is 0 Å². The van der Waals surface area contributed by atoms with Crippen molar-refractivity contribution in [3.8, 4) is 5.75 Å². The molecule has 0 bridgehead atoms. The molecule has 0 saturated carbocycles. The van der Waals surface area contributed by atoms with Crippen LogP contribution in [0.4, 0.5) is 0 Å². The molecule has 0 N–H and O–H groups in total. The molecule has 17 heavy (non-hydrogen) atoms. The maximum absolute atomic E-state index is 6.02. The Labute approximate surface area is 113 Å². The molecule has 0 atom stereocenters. The first-order valence-corrected chi connectivity index (χ1v) is 6.32. The van der Waals surface area contributed by atoms with E-state index in [4.69, 9.17) is 16.3 Å². The second-order valence-electron chi connectivity index (χ2n) is 3.69. The Bertz CT molecular complexity index is 539. The van der Waals surface area contributed by atoms with Gasteiger partial charge in [-0.2, -0.15) is 5.10 Å². The van der Waals surface area contributed by atoms with Crippen LogP contribution in [0, 0.1) is 6.92 Å². The number of rotatable bonds is 3. The van der Waals surface area contributed by atoms with Crippen LogP contribution in [0.5, 0.6) is 5.75 Å². The second kappa shape index (κ2) is 5.10. The predicted molar refractivity (Wildman–Crippen MR) is 71.4 cm³/mol. The molecule has 0 saturated heterocycles. The first kappa shape index (κ1) is 12.5. The van der Waals surface area contributed by atoms with Gasteiger partial charge in [0.05, 0.1) is 20.9 Å². The lowest BCUT2D eigenvalue weighted by Crippen LogP contribution is -2.03. The van der Waals surface area contributed by atoms with Gasteiger partial charge in [0.2, 0.25) is 0 Å². The largest absolute Gasteiger partial charge is 0.486 e. The smallest absolute Gasteiger partial charge is 0.138 e. The zero-order valence-electron chi connectivity index (χ0n) is 9.58. The third-order valence-electron chi connectivity index (χ3n) is 2.46. The molecule has 1 heterocycles. The van der Waals surface area contributed by atoms with Gasteiger partial charge in [-0.3, -0.25) is 4.68 Å². The van der Waals surface area contributed by atoms with Gasteiger partial charge < -0.3 is 4.74 Å². The molecule has 1 aromatic carbocycles. The number of nitrogens with zero attached hydrogens (tertiary/aromatic N) is 2. The third-order valence-corrected chi connectivity index (χ3v) is 3.81. The molecule has 0 aliphatic heterocycles. The number of benzene rings is 1. The summed E-state index contributed by atoms with van der Waals surface area (Å²) in [6, 6.07) is 7.42. The highest BCUT2D eigenvalue weighted by molar-refractivity contribution is 9.10. The predicted octanol–water partition coefficient (Wildman–Crippen LogP) is 3.72. The quantitative estimate of drug-likeness (QED) is 0.863. The number of ether oxygens (including phenoxy) is 1. The van der Waals surface area contributed by atoms with Gasteiger partial charge in [0.15, 0.2) is 0 Å². The molecular weight excluding hydrogens is 304 g/mol. The summed E-state index contributed by atoms with van der Waals surface area (Å²) in [6.45, 7) is 2.38. The highest BCUT2D eigenvalue weighted by atomic mass is 79.9. The standard InChI is InChI=1S/C12H12BrClN2O/c1-8-12(13)10(16(2)15-8)7-17-11-6-4-3-5-9(11)14/h3-6H,7H2,1-2H3. The van der Waals surface area contributed by atoms with Crippen LogP contribution in [0.2, 0.25) is 5.02 Å². The van der Waals surface area contributed by atoms with E-state index < -0.39 is 0 Å². The van der Waals surface area contributed by atoms with Gasteiger partial charge >= 0.3 is 0 Å². The highest BCUT2D eigenvalue weighted by Crippen LogP contribution is 2.26. The summed E-state index contributed by atoms with van der Waals surface area (Å²) < 4.78 is 8.46. The van der Waals surface area contributed by atoms with Gasteiger partial charge in [0, 0.05) is 7.05 Å². The average Bonchev–Trinajstić information content (AvgIpc) is 2.53. The lowest BCUT2D eigenvalue weighted by atomic mass is 10.3. The summed E-state index contributed by atoms with van der Waals surface area (Å²) in [6.07, 6.45) is 0. The van der Waals surface area contributed by atoms with Crippen LogP contribution in [0.25, 0.3) is 0 Å². The summed E-state index contributed by atoms with van der Waals surface area (Å²) in [5, 5.41) is 4.92. The molecule has 0 radical (unpaired) electrons. The fourth-order valence-electron chi connectivity index (χ4n) is 1.54. The number of para-hydroxylation sites is 1. The Morgan fingerprint density at radius 3 is 2.71 bits per heavy atom. The van der Waals surface area contributed by atoms with Crippen LogP contribution in [-0.2, 0) is 13.7 Å². The van der Waals surface area contributed by atoms with Crippen LogP contribution in [-0.4, -0.2) is 9.78 Å². The van der Waals surface area contributed by atoms with E-state index in [2.05, 4.69) is 21.0 Å². The molecule has 2 rings (SSSR count). The van der Waals surface area contributed by atoms with Gasteiger partial charge in [-0.25, -0.2) is 0 Å². The summed E-state index contributed by atoms with van der Waals surface area (Å²) in [5.41, 5.74) is 1.94. The van der Waals surface area contributed by atoms with Crippen LogP contribution >= 0.6 is 27.5 Å². The highest BCUT2D eigenvalue weighted by Gasteiger charge is 2.11. The van der Waals surface area contributed by atoms with Crippen molar-refractivity contribution < 1.29 is 4.74 Å². The van der Waals surface area contributed by atoms with Crippen LogP contribution < -0.4 is 4.74 Å². The Kier molecular flexibility index (Phi) is 3.74. The van der Waals surface area contributed by atoms with E-state index in [-0.39, 0.29) is 0 Å². The zero-order valence-corrected chi connectivity index (χ0v) is 11.9. The van der Waals surface area contributed by atoms with Crippen molar-refractivity contribution in [1.82, 2.24) is 9.78 Å². The first-order chi connectivity index (χ1) is 8.09. The molecule has 0 unspecified atom stereocenters. The topological polar surface area (TPSA) is 27.1 Å². The van der Waals surface area contributed by atoms with E-state index in [1.165, 1.54) is 0 Å². The molecule has 2 aromatic rings. The van der Waals surface area contributed by atoms with Gasteiger partial charge in [0.1, 0.15) is 12.4 Å². The lowest BCUT2D eigenvalue weighted by Gasteiger charge is -2.08. The minimum absolute atomic E-state index is 0.432. The minimum atomic E-state index is 0.432. The van der Waals surface area contributed by atoms with E-state index in [1.807, 2.05) is 32.2 Å². The molecule has 0 aliphatic carbocycles. The van der Waals surface area contributed by atoms with Crippen LogP contribution in [0.1, 0.15) is 11.4 Å². The fourth-order valence-corrected chi connectivity index (χ4v) is 2.19. The van der Waals surface area contributed by atoms with Crippen molar-refractivity contribution in [3.05, 3.63) is 45.1 Å². The van der Waals surface area contributed by atoms with Crippen molar-refractivity contribution in [2.24, 2.45) is 7.05 Å². The maximum atomic E-state index is 6.02. The Balaban J connectivity index is 2.15. The van der Waals surface area contributed by atoms with Gasteiger partial charge in [-0.1, -0.05) is 23.7 Å². The third kappa shape index (κ3) is 2.64. The maximum Gasteiger partial charge on any atom is 0.138 e. The van der Waals surface area contributed by atoms with E-state index in [9.17, 15) is 0 Å². The monoisotopic (exact) mass is 314 g/mol. The molecule has 0 amide bonds. The molecule has 0 aliphatic rings. The van der Waals surface area contributed by atoms with Crippen molar-refractivity contribution in [1.29, 1.82) is 0 Å². The molecular formula is C12H12BrClN2O. The Morgan fingerprint density at radius 1 is 1.41 bits per heavy atom. The Morgan fingerprint density at radius 2 is 2.12 bits per heavy atom. The lowest BCUT2D eigenvalue weighted by molar-refractivity contribution is 0.294. The number of aryl methyl sites for hydroxylation is 2. The molecule has 0 fully saturated rings. The van der Waals surface area contributed by atoms with E-state index in [1.54, 1.807) is 10.7 Å². The van der Waals surface area contributed by atoms with Crippen molar-refractivity contribution in [2.45, 2.75) is 13.5 Å². The molecule has 90 valence electrons. The summed E-state index contributed by atoms with van der Waals surface area (Å²) in [5.74, 6) is 0.680. The fraction of sp³-hybridized carbons (Fsp3) is 0.250. The molecule has 3 nitrogen and oxygen atoms in total. The van der Waals surface area contributed by atoms with E-state index in [0.717, 1.165) is 15.9 Å². The van der Waals surface area contributed by atoms with Crippen LogP contribution in [0.3, 0.4) is 0 Å². The number of hydrogen-bond donors (Lipinski definition) is 0. The first-order valence-electron chi connectivity index (χ1n) is 5.15. The van der Waals surface area contributed by atoms with E-state index >= 15 is 0 Å². The zero-order chi connectivity index (χ0) is 12.4. The van der Waals surface area contributed by atoms with Gasteiger partial charge in [-0.15, -0.1) is 0 Å².